The number of ketones is 1. The molecule has 1 unspecified atom stereocenters. The third-order valence-corrected chi connectivity index (χ3v) is 3.20. The molecule has 1 rings (SSSR count). The van der Waals surface area contributed by atoms with E-state index in [1.54, 1.807) is 0 Å². The monoisotopic (exact) mass is 170 g/mol. The Kier molecular flexibility index (Phi) is 1.98. The maximum Gasteiger partial charge on any atom is 0.307 e. The first-order chi connectivity index (χ1) is 5.37. The zero-order valence-corrected chi connectivity index (χ0v) is 7.63. The van der Waals surface area contributed by atoms with Crippen LogP contribution >= 0.6 is 0 Å². The lowest BCUT2D eigenvalue weighted by Gasteiger charge is -2.26. The van der Waals surface area contributed by atoms with Crippen LogP contribution in [0.25, 0.3) is 0 Å². The average molecular weight is 170 g/mol. The van der Waals surface area contributed by atoms with Gasteiger partial charge in [0.2, 0.25) is 0 Å². The summed E-state index contributed by atoms with van der Waals surface area (Å²) in [5.74, 6) is -1.40. The third kappa shape index (κ3) is 1.13. The molecule has 0 aliphatic heterocycles. The number of Topliss-reactive ketones (excluding diaryl/α,β-unsaturated/α-hetero) is 1. The van der Waals surface area contributed by atoms with Crippen LogP contribution in [0, 0.1) is 17.3 Å². The number of rotatable bonds is 1. The Morgan fingerprint density at radius 3 is 2.25 bits per heavy atom. The SMILES string of the molecule is CC1C(=O)C[C@H](C(=O)O)C1(C)C. The topological polar surface area (TPSA) is 54.4 Å². The highest BCUT2D eigenvalue weighted by Gasteiger charge is 2.49. The van der Waals surface area contributed by atoms with Gasteiger partial charge in [0.25, 0.3) is 0 Å². The lowest BCUT2D eigenvalue weighted by atomic mass is 9.76. The van der Waals surface area contributed by atoms with Gasteiger partial charge in [-0.1, -0.05) is 20.8 Å². The maximum atomic E-state index is 11.2. The molecule has 1 saturated carbocycles. The van der Waals surface area contributed by atoms with Gasteiger partial charge in [-0.05, 0) is 5.41 Å². The standard InChI is InChI=1S/C9H14O3/c1-5-7(10)4-6(8(11)12)9(5,2)3/h5-6H,4H2,1-3H3,(H,11,12)/t5?,6-/m1/s1. The van der Waals surface area contributed by atoms with Crippen LogP contribution < -0.4 is 0 Å². The zero-order chi connectivity index (χ0) is 9.52. The molecule has 0 aromatic carbocycles. The first kappa shape index (κ1) is 9.23. The molecule has 3 heteroatoms. The lowest BCUT2D eigenvalue weighted by molar-refractivity contribution is -0.145. The van der Waals surface area contributed by atoms with Gasteiger partial charge in [-0.3, -0.25) is 9.59 Å². The summed E-state index contributed by atoms with van der Waals surface area (Å²) in [5.41, 5.74) is -0.386. The molecule has 1 aliphatic carbocycles. The summed E-state index contributed by atoms with van der Waals surface area (Å²) in [6.07, 6.45) is 0.198. The Morgan fingerprint density at radius 2 is 2.08 bits per heavy atom. The number of carbonyl (C=O) groups excluding carboxylic acids is 1. The molecule has 12 heavy (non-hydrogen) atoms. The number of carboxylic acids is 1. The Balaban J connectivity index is 2.95. The van der Waals surface area contributed by atoms with Gasteiger partial charge in [-0.2, -0.15) is 0 Å². The highest BCUT2D eigenvalue weighted by atomic mass is 16.4. The summed E-state index contributed by atoms with van der Waals surface area (Å²) < 4.78 is 0. The van der Waals surface area contributed by atoms with Gasteiger partial charge in [0, 0.05) is 12.3 Å². The van der Waals surface area contributed by atoms with Gasteiger partial charge in [-0.25, -0.2) is 0 Å². The molecule has 0 amide bonds. The van der Waals surface area contributed by atoms with Crippen LogP contribution in [0.4, 0.5) is 0 Å². The predicted molar refractivity (Wildman–Crippen MR) is 43.7 cm³/mol. The minimum Gasteiger partial charge on any atom is -0.481 e. The largest absolute Gasteiger partial charge is 0.481 e. The van der Waals surface area contributed by atoms with E-state index < -0.39 is 11.9 Å². The molecule has 1 aliphatic rings. The van der Waals surface area contributed by atoms with Gasteiger partial charge in [-0.15, -0.1) is 0 Å². The molecule has 0 radical (unpaired) electrons. The van der Waals surface area contributed by atoms with Crippen molar-refractivity contribution < 1.29 is 14.7 Å². The van der Waals surface area contributed by atoms with E-state index in [1.165, 1.54) is 0 Å². The number of hydrogen-bond donors (Lipinski definition) is 1. The van der Waals surface area contributed by atoms with Crippen molar-refractivity contribution in [3.63, 3.8) is 0 Å². The summed E-state index contributed by atoms with van der Waals surface area (Å²) >= 11 is 0. The number of carboxylic acid groups (broad SMARTS) is 1. The van der Waals surface area contributed by atoms with E-state index >= 15 is 0 Å². The lowest BCUT2D eigenvalue weighted by Crippen LogP contribution is -2.29. The Bertz CT molecular complexity index is 230. The van der Waals surface area contributed by atoms with E-state index in [4.69, 9.17) is 5.11 Å². The molecular weight excluding hydrogens is 156 g/mol. The Labute approximate surface area is 71.8 Å². The van der Waals surface area contributed by atoms with Crippen LogP contribution in [0.5, 0.6) is 0 Å². The molecule has 0 aromatic heterocycles. The molecule has 0 saturated heterocycles. The Hall–Kier alpha value is -0.860. The molecule has 2 atom stereocenters. The van der Waals surface area contributed by atoms with Gasteiger partial charge in [0.1, 0.15) is 5.78 Å². The fraction of sp³-hybridized carbons (Fsp3) is 0.778. The van der Waals surface area contributed by atoms with Crippen molar-refractivity contribution in [2.24, 2.45) is 17.3 Å². The number of hydrogen-bond acceptors (Lipinski definition) is 2. The smallest absolute Gasteiger partial charge is 0.307 e. The normalized spacial score (nSPS) is 33.8. The minimum absolute atomic E-state index is 0.0763. The van der Waals surface area contributed by atoms with Gasteiger partial charge in [0.05, 0.1) is 5.92 Å². The van der Waals surface area contributed by atoms with Crippen molar-refractivity contribution in [1.82, 2.24) is 0 Å². The van der Waals surface area contributed by atoms with Crippen molar-refractivity contribution >= 4 is 11.8 Å². The van der Waals surface area contributed by atoms with Crippen molar-refractivity contribution in [2.75, 3.05) is 0 Å². The zero-order valence-electron chi connectivity index (χ0n) is 7.63. The van der Waals surface area contributed by atoms with E-state index in [-0.39, 0.29) is 23.5 Å². The molecule has 3 nitrogen and oxygen atoms in total. The summed E-state index contributed by atoms with van der Waals surface area (Å²) in [4.78, 5) is 22.0. The minimum atomic E-state index is -0.849. The van der Waals surface area contributed by atoms with E-state index in [0.29, 0.717) is 0 Å². The van der Waals surface area contributed by atoms with Crippen LogP contribution in [0.1, 0.15) is 27.2 Å². The highest BCUT2D eigenvalue weighted by molar-refractivity contribution is 5.90. The van der Waals surface area contributed by atoms with Gasteiger partial charge in [0.15, 0.2) is 0 Å². The molecule has 0 heterocycles. The highest BCUT2D eigenvalue weighted by Crippen LogP contribution is 2.44. The van der Waals surface area contributed by atoms with E-state index in [9.17, 15) is 9.59 Å². The fourth-order valence-electron chi connectivity index (χ4n) is 1.76. The molecule has 0 bridgehead atoms. The molecule has 1 N–H and O–H groups in total. The van der Waals surface area contributed by atoms with Crippen LogP contribution in [-0.2, 0) is 9.59 Å². The van der Waals surface area contributed by atoms with Crippen molar-refractivity contribution in [3.05, 3.63) is 0 Å². The number of aliphatic carboxylic acids is 1. The second-order valence-electron chi connectivity index (χ2n) is 4.10. The van der Waals surface area contributed by atoms with Crippen LogP contribution in [0.2, 0.25) is 0 Å². The van der Waals surface area contributed by atoms with Crippen LogP contribution in [0.3, 0.4) is 0 Å². The average Bonchev–Trinajstić information content (AvgIpc) is 2.13. The summed E-state index contributed by atoms with van der Waals surface area (Å²) in [6.45, 7) is 5.51. The van der Waals surface area contributed by atoms with Gasteiger partial charge >= 0.3 is 5.97 Å². The molecule has 1 fully saturated rings. The first-order valence-corrected chi connectivity index (χ1v) is 4.13. The second-order valence-corrected chi connectivity index (χ2v) is 4.10. The fourth-order valence-corrected chi connectivity index (χ4v) is 1.76. The molecule has 68 valence electrons. The van der Waals surface area contributed by atoms with Crippen LogP contribution in [0.15, 0.2) is 0 Å². The Morgan fingerprint density at radius 1 is 1.58 bits per heavy atom. The second kappa shape index (κ2) is 2.57. The molecular formula is C9H14O3. The van der Waals surface area contributed by atoms with Crippen molar-refractivity contribution in [1.29, 1.82) is 0 Å². The van der Waals surface area contributed by atoms with Crippen molar-refractivity contribution in [3.8, 4) is 0 Å². The van der Waals surface area contributed by atoms with E-state index in [1.807, 2.05) is 20.8 Å². The molecule has 0 spiro atoms. The van der Waals surface area contributed by atoms with Crippen LogP contribution in [-0.4, -0.2) is 16.9 Å². The quantitative estimate of drug-likeness (QED) is 0.645. The van der Waals surface area contributed by atoms with E-state index in [2.05, 4.69) is 0 Å². The summed E-state index contributed by atoms with van der Waals surface area (Å²) in [5, 5.41) is 8.83. The summed E-state index contributed by atoms with van der Waals surface area (Å²) in [6, 6.07) is 0. The van der Waals surface area contributed by atoms with Crippen molar-refractivity contribution in [2.45, 2.75) is 27.2 Å². The van der Waals surface area contributed by atoms with Gasteiger partial charge < -0.3 is 5.11 Å². The number of carbonyl (C=O) groups is 2. The maximum absolute atomic E-state index is 11.2. The summed E-state index contributed by atoms with van der Waals surface area (Å²) in [7, 11) is 0. The predicted octanol–water partition coefficient (Wildman–Crippen LogP) is 1.32. The molecule has 0 aromatic rings. The first-order valence-electron chi connectivity index (χ1n) is 4.13. The van der Waals surface area contributed by atoms with E-state index in [0.717, 1.165) is 0 Å². The third-order valence-electron chi connectivity index (χ3n) is 3.20.